The molecule has 4 aromatic rings. The normalized spacial score (nSPS) is 15.8. The molecule has 8 heteroatoms. The molecule has 0 fully saturated rings. The molecule has 0 saturated heterocycles. The summed E-state index contributed by atoms with van der Waals surface area (Å²) >= 11 is 0. The highest BCUT2D eigenvalue weighted by Crippen LogP contribution is 2.33. The lowest BCUT2D eigenvalue weighted by atomic mass is 9.91. The van der Waals surface area contributed by atoms with E-state index in [9.17, 15) is 8.78 Å². The second-order valence-electron chi connectivity index (χ2n) is 7.40. The molecule has 0 saturated carbocycles. The van der Waals surface area contributed by atoms with Crippen LogP contribution in [0.2, 0.25) is 0 Å². The second-order valence-corrected chi connectivity index (χ2v) is 7.40. The second kappa shape index (κ2) is 7.37. The number of rotatable bonds is 4. The van der Waals surface area contributed by atoms with Crippen LogP contribution in [-0.2, 0) is 6.54 Å². The van der Waals surface area contributed by atoms with Crippen LogP contribution in [-0.4, -0.2) is 24.3 Å². The zero-order chi connectivity index (χ0) is 20.7. The number of nitrogens with one attached hydrogen (secondary N) is 1. The summed E-state index contributed by atoms with van der Waals surface area (Å²) in [6, 6.07) is 11.4. The Morgan fingerprint density at radius 1 is 1.10 bits per heavy atom. The van der Waals surface area contributed by atoms with E-state index in [1.165, 1.54) is 18.2 Å². The molecule has 1 N–H and O–H groups in total. The van der Waals surface area contributed by atoms with E-state index in [0.717, 1.165) is 30.8 Å². The molecule has 0 amide bonds. The third kappa shape index (κ3) is 3.34. The summed E-state index contributed by atoms with van der Waals surface area (Å²) in [5, 5.41) is 7.64. The standard InChI is InChI=1S/C22H20F2N6/c1-14-25-10-12-29(14)20-9-8-17(13-19(20)24)26-22-27-21-18(3-2-11-30(21)28-22)15-4-6-16(23)7-5-15/h4-10,12-13,18H,2-3,11H2,1H3,(H,26,28). The van der Waals surface area contributed by atoms with E-state index in [1.807, 2.05) is 11.6 Å². The minimum atomic E-state index is -0.366. The van der Waals surface area contributed by atoms with Crippen molar-refractivity contribution < 1.29 is 8.78 Å². The van der Waals surface area contributed by atoms with Gasteiger partial charge in [0.15, 0.2) is 0 Å². The predicted octanol–water partition coefficient (Wildman–Crippen LogP) is 4.72. The number of imidazole rings is 1. The molecule has 30 heavy (non-hydrogen) atoms. The van der Waals surface area contributed by atoms with Crippen molar-refractivity contribution >= 4 is 11.6 Å². The molecule has 1 unspecified atom stereocenters. The maximum atomic E-state index is 14.7. The van der Waals surface area contributed by atoms with Gasteiger partial charge in [0.05, 0.1) is 5.69 Å². The van der Waals surface area contributed by atoms with Crippen LogP contribution in [0.15, 0.2) is 54.9 Å². The third-order valence-corrected chi connectivity index (χ3v) is 5.44. The maximum absolute atomic E-state index is 14.7. The van der Waals surface area contributed by atoms with Crippen LogP contribution in [0, 0.1) is 18.6 Å². The van der Waals surface area contributed by atoms with Crippen molar-refractivity contribution in [3.8, 4) is 5.69 Å². The number of anilines is 2. The van der Waals surface area contributed by atoms with Crippen LogP contribution in [0.1, 0.15) is 36.0 Å². The fraction of sp³-hybridized carbons (Fsp3) is 0.227. The van der Waals surface area contributed by atoms with Gasteiger partial charge < -0.3 is 9.88 Å². The highest BCUT2D eigenvalue weighted by atomic mass is 19.1. The Morgan fingerprint density at radius 3 is 2.67 bits per heavy atom. The van der Waals surface area contributed by atoms with Crippen LogP contribution in [0.3, 0.4) is 0 Å². The summed E-state index contributed by atoms with van der Waals surface area (Å²) < 4.78 is 31.5. The molecule has 6 nitrogen and oxygen atoms in total. The highest BCUT2D eigenvalue weighted by Gasteiger charge is 2.26. The number of hydrogen-bond donors (Lipinski definition) is 1. The molecule has 2 aromatic carbocycles. The van der Waals surface area contributed by atoms with Crippen molar-refractivity contribution in [3.05, 3.63) is 83.7 Å². The number of fused-ring (bicyclic) bond motifs is 1. The van der Waals surface area contributed by atoms with Gasteiger partial charge in [0, 0.05) is 30.5 Å². The van der Waals surface area contributed by atoms with Crippen molar-refractivity contribution in [2.24, 2.45) is 0 Å². The molecule has 5 rings (SSSR count). The van der Waals surface area contributed by atoms with Crippen molar-refractivity contribution in [3.63, 3.8) is 0 Å². The van der Waals surface area contributed by atoms with Gasteiger partial charge in [-0.1, -0.05) is 12.1 Å². The summed E-state index contributed by atoms with van der Waals surface area (Å²) in [5.41, 5.74) is 2.02. The van der Waals surface area contributed by atoms with Crippen LogP contribution in [0.4, 0.5) is 20.4 Å². The number of halogens is 2. The zero-order valence-corrected chi connectivity index (χ0v) is 16.4. The van der Waals surface area contributed by atoms with E-state index in [1.54, 1.807) is 41.2 Å². The first-order chi connectivity index (χ1) is 14.6. The first-order valence-corrected chi connectivity index (χ1v) is 9.85. The Morgan fingerprint density at radius 2 is 1.93 bits per heavy atom. The summed E-state index contributed by atoms with van der Waals surface area (Å²) in [4.78, 5) is 8.79. The van der Waals surface area contributed by atoms with Crippen molar-refractivity contribution in [1.29, 1.82) is 0 Å². The average Bonchev–Trinajstić information content (AvgIpc) is 3.34. The molecule has 1 aliphatic rings. The van der Waals surface area contributed by atoms with Gasteiger partial charge in [0.25, 0.3) is 0 Å². The van der Waals surface area contributed by atoms with E-state index in [4.69, 9.17) is 0 Å². The monoisotopic (exact) mass is 406 g/mol. The largest absolute Gasteiger partial charge is 0.323 e. The molecule has 0 radical (unpaired) electrons. The van der Waals surface area contributed by atoms with Gasteiger partial charge in [-0.2, -0.15) is 4.98 Å². The van der Waals surface area contributed by atoms with Crippen LogP contribution < -0.4 is 5.32 Å². The summed E-state index contributed by atoms with van der Waals surface area (Å²) in [7, 11) is 0. The van der Waals surface area contributed by atoms with Gasteiger partial charge in [-0.3, -0.25) is 0 Å². The van der Waals surface area contributed by atoms with E-state index in [2.05, 4.69) is 20.4 Å². The van der Waals surface area contributed by atoms with Crippen LogP contribution in [0.25, 0.3) is 5.69 Å². The lowest BCUT2D eigenvalue weighted by molar-refractivity contribution is 0.446. The average molecular weight is 406 g/mol. The first kappa shape index (κ1) is 18.5. The predicted molar refractivity (Wildman–Crippen MR) is 109 cm³/mol. The zero-order valence-electron chi connectivity index (χ0n) is 16.4. The Kier molecular flexibility index (Phi) is 4.54. The lowest BCUT2D eigenvalue weighted by Crippen LogP contribution is -2.17. The minimum Gasteiger partial charge on any atom is -0.323 e. The molecule has 1 atom stereocenters. The van der Waals surface area contributed by atoms with Gasteiger partial charge in [0.2, 0.25) is 5.95 Å². The molecule has 1 aliphatic heterocycles. The summed E-state index contributed by atoms with van der Waals surface area (Å²) in [5.74, 6) is 1.41. The Hall–Kier alpha value is -3.55. The SMILES string of the molecule is Cc1nccn1-c1ccc(Nc2nc3n(n2)CCCC3c2ccc(F)cc2)cc1F. The topological polar surface area (TPSA) is 60.6 Å². The number of aryl methyl sites for hydroxylation is 2. The van der Waals surface area contributed by atoms with Crippen molar-refractivity contribution in [2.45, 2.75) is 32.2 Å². The van der Waals surface area contributed by atoms with Crippen LogP contribution >= 0.6 is 0 Å². The van der Waals surface area contributed by atoms with Gasteiger partial charge in [-0.15, -0.1) is 5.10 Å². The van der Waals surface area contributed by atoms with Gasteiger partial charge >= 0.3 is 0 Å². The van der Waals surface area contributed by atoms with Gasteiger partial charge in [-0.05, 0) is 55.7 Å². The third-order valence-electron chi connectivity index (χ3n) is 5.44. The molecular formula is C22H20F2N6. The van der Waals surface area contributed by atoms with E-state index >= 15 is 0 Å². The number of aromatic nitrogens is 5. The molecule has 0 spiro atoms. The van der Waals surface area contributed by atoms with Gasteiger partial charge in [-0.25, -0.2) is 18.4 Å². The quantitative estimate of drug-likeness (QED) is 0.533. The lowest BCUT2D eigenvalue weighted by Gasteiger charge is -2.22. The summed E-state index contributed by atoms with van der Waals surface area (Å²) in [6.07, 6.45) is 5.25. The maximum Gasteiger partial charge on any atom is 0.246 e. The molecule has 3 heterocycles. The van der Waals surface area contributed by atoms with E-state index < -0.39 is 0 Å². The van der Waals surface area contributed by atoms with E-state index in [0.29, 0.717) is 23.1 Å². The minimum absolute atomic E-state index is 0.0609. The van der Waals surface area contributed by atoms with Crippen LogP contribution in [0.5, 0.6) is 0 Å². The molecule has 0 aliphatic carbocycles. The first-order valence-electron chi connectivity index (χ1n) is 9.85. The Labute approximate surface area is 172 Å². The van der Waals surface area contributed by atoms with Crippen molar-refractivity contribution in [2.75, 3.05) is 5.32 Å². The Bertz CT molecular complexity index is 1190. The fourth-order valence-corrected chi connectivity index (χ4v) is 3.96. The molecule has 2 aromatic heterocycles. The number of nitrogens with zero attached hydrogens (tertiary/aromatic N) is 5. The molecule has 0 bridgehead atoms. The highest BCUT2D eigenvalue weighted by molar-refractivity contribution is 5.56. The van der Waals surface area contributed by atoms with Gasteiger partial charge in [0.1, 0.15) is 23.3 Å². The van der Waals surface area contributed by atoms with E-state index in [-0.39, 0.29) is 17.6 Å². The number of benzene rings is 2. The fourth-order valence-electron chi connectivity index (χ4n) is 3.96. The number of hydrogen-bond acceptors (Lipinski definition) is 4. The smallest absolute Gasteiger partial charge is 0.246 e. The Balaban J connectivity index is 1.41. The van der Waals surface area contributed by atoms with Crippen molar-refractivity contribution in [1.82, 2.24) is 24.3 Å². The molecular weight excluding hydrogens is 386 g/mol. The molecule has 152 valence electrons. The summed E-state index contributed by atoms with van der Waals surface area (Å²) in [6.45, 7) is 2.59.